The number of anilines is 1. The number of nitrogens with zero attached hydrogens (tertiary/aromatic N) is 1. The smallest absolute Gasteiger partial charge is 0.357 e. The molecule has 36 heavy (non-hydrogen) atoms. The number of ether oxygens (including phenoxy) is 5. The fourth-order valence-electron chi connectivity index (χ4n) is 3.92. The second kappa shape index (κ2) is 13.1. The molecular formula is C27H37N3O6. The Labute approximate surface area is 213 Å². The van der Waals surface area contributed by atoms with Crippen LogP contribution in [0, 0.1) is 17.2 Å². The maximum Gasteiger partial charge on any atom is 0.357 e. The number of hydrogen-bond donors (Lipinski definition) is 2. The van der Waals surface area contributed by atoms with Crippen molar-refractivity contribution in [3.63, 3.8) is 0 Å². The molecule has 1 aliphatic heterocycles. The lowest BCUT2D eigenvalue weighted by Gasteiger charge is -2.24. The van der Waals surface area contributed by atoms with Crippen molar-refractivity contribution in [3.8, 4) is 17.2 Å². The maximum absolute atomic E-state index is 12.6. The molecule has 0 spiro atoms. The summed E-state index contributed by atoms with van der Waals surface area (Å²) in [6.07, 6.45) is 1.82. The first-order valence-electron chi connectivity index (χ1n) is 12.3. The highest BCUT2D eigenvalue weighted by molar-refractivity contribution is 6.06. The van der Waals surface area contributed by atoms with Crippen LogP contribution in [0.2, 0.25) is 0 Å². The number of pyridine rings is 1. The van der Waals surface area contributed by atoms with E-state index in [1.165, 1.54) is 0 Å². The molecule has 0 unspecified atom stereocenters. The van der Waals surface area contributed by atoms with Crippen LogP contribution in [0.15, 0.2) is 24.3 Å². The van der Waals surface area contributed by atoms with E-state index < -0.39 is 5.97 Å². The summed E-state index contributed by atoms with van der Waals surface area (Å²) < 4.78 is 27.8. The van der Waals surface area contributed by atoms with Gasteiger partial charge in [0.1, 0.15) is 23.1 Å². The van der Waals surface area contributed by atoms with Crippen molar-refractivity contribution in [1.29, 1.82) is 5.41 Å². The van der Waals surface area contributed by atoms with Gasteiger partial charge in [0, 0.05) is 43.2 Å². The van der Waals surface area contributed by atoms with Gasteiger partial charge >= 0.3 is 5.97 Å². The minimum atomic E-state index is -0.541. The Bertz CT molecular complexity index is 1050. The van der Waals surface area contributed by atoms with E-state index in [1.54, 1.807) is 33.3 Å². The Morgan fingerprint density at radius 2 is 1.92 bits per heavy atom. The van der Waals surface area contributed by atoms with E-state index in [9.17, 15) is 4.79 Å². The van der Waals surface area contributed by atoms with Crippen molar-refractivity contribution in [2.45, 2.75) is 40.2 Å². The summed E-state index contributed by atoms with van der Waals surface area (Å²) in [5.41, 5.74) is 1.90. The predicted octanol–water partition coefficient (Wildman–Crippen LogP) is 4.72. The summed E-state index contributed by atoms with van der Waals surface area (Å²) >= 11 is 0. The Kier molecular flexibility index (Phi) is 9.93. The first kappa shape index (κ1) is 27.3. The van der Waals surface area contributed by atoms with Crippen LogP contribution in [-0.2, 0) is 16.0 Å². The van der Waals surface area contributed by atoms with Crippen LogP contribution in [0.4, 0.5) is 5.82 Å². The van der Waals surface area contributed by atoms with E-state index in [-0.39, 0.29) is 18.2 Å². The maximum atomic E-state index is 12.6. The number of carbonyl (C=O) groups is 1. The highest BCUT2D eigenvalue weighted by Gasteiger charge is 2.24. The average molecular weight is 500 g/mol. The van der Waals surface area contributed by atoms with Crippen LogP contribution in [-0.4, -0.2) is 57.3 Å². The third-order valence-corrected chi connectivity index (χ3v) is 6.07. The molecule has 0 amide bonds. The minimum absolute atomic E-state index is 0.0817. The Morgan fingerprint density at radius 3 is 2.56 bits per heavy atom. The molecule has 1 aliphatic rings. The van der Waals surface area contributed by atoms with Crippen molar-refractivity contribution in [2.24, 2.45) is 11.8 Å². The summed E-state index contributed by atoms with van der Waals surface area (Å²) in [5.74, 6) is 1.90. The number of esters is 1. The molecule has 0 saturated carbocycles. The van der Waals surface area contributed by atoms with Gasteiger partial charge in [0.2, 0.25) is 0 Å². The summed E-state index contributed by atoms with van der Waals surface area (Å²) in [4.78, 5) is 17.2. The van der Waals surface area contributed by atoms with E-state index in [0.717, 1.165) is 18.4 Å². The number of carbonyl (C=O) groups excluding carboxylic acids is 1. The normalized spacial score (nSPS) is 13.8. The number of benzene rings is 1. The fourth-order valence-corrected chi connectivity index (χ4v) is 3.92. The van der Waals surface area contributed by atoms with E-state index >= 15 is 0 Å². The molecule has 1 aromatic heterocycles. The van der Waals surface area contributed by atoms with Gasteiger partial charge in [0.15, 0.2) is 5.69 Å². The van der Waals surface area contributed by atoms with Gasteiger partial charge in [-0.3, -0.25) is 0 Å². The molecule has 1 aromatic carbocycles. The first-order valence-corrected chi connectivity index (χ1v) is 12.3. The molecule has 2 N–H and O–H groups in total. The van der Waals surface area contributed by atoms with E-state index in [4.69, 9.17) is 29.1 Å². The Hall–Kier alpha value is -3.33. The van der Waals surface area contributed by atoms with Crippen LogP contribution in [0.25, 0.3) is 0 Å². The summed E-state index contributed by atoms with van der Waals surface area (Å²) in [7, 11) is 3.20. The lowest BCUT2D eigenvalue weighted by atomic mass is 9.98. The van der Waals surface area contributed by atoms with Crippen molar-refractivity contribution < 1.29 is 28.5 Å². The molecule has 0 atom stereocenters. The third kappa shape index (κ3) is 6.87. The molecule has 1 saturated heterocycles. The van der Waals surface area contributed by atoms with Gasteiger partial charge in [-0.25, -0.2) is 9.78 Å². The molecule has 0 aliphatic carbocycles. The predicted molar refractivity (Wildman–Crippen MR) is 138 cm³/mol. The second-order valence-corrected chi connectivity index (χ2v) is 8.92. The minimum Gasteiger partial charge on any atom is -0.497 e. The van der Waals surface area contributed by atoms with Gasteiger partial charge in [0.25, 0.3) is 0 Å². The van der Waals surface area contributed by atoms with Crippen LogP contribution in [0.5, 0.6) is 17.2 Å². The second-order valence-electron chi connectivity index (χ2n) is 8.92. The molecule has 0 radical (unpaired) electrons. The van der Waals surface area contributed by atoms with Gasteiger partial charge in [-0.05, 0) is 43.7 Å². The van der Waals surface area contributed by atoms with Gasteiger partial charge < -0.3 is 34.4 Å². The number of aromatic nitrogens is 1. The summed E-state index contributed by atoms with van der Waals surface area (Å²) in [6.45, 7) is 8.12. The highest BCUT2D eigenvalue weighted by Crippen LogP contribution is 2.32. The largest absolute Gasteiger partial charge is 0.497 e. The summed E-state index contributed by atoms with van der Waals surface area (Å²) in [5, 5.41) is 12.1. The molecule has 9 heteroatoms. The zero-order valence-corrected chi connectivity index (χ0v) is 21.8. The quantitative estimate of drug-likeness (QED) is 0.319. The Balaban J connectivity index is 1.99. The van der Waals surface area contributed by atoms with Crippen LogP contribution in [0.3, 0.4) is 0 Å². The lowest BCUT2D eigenvalue weighted by Crippen LogP contribution is -2.23. The molecule has 3 rings (SSSR count). The fraction of sp³-hybridized carbons (Fsp3) is 0.519. The van der Waals surface area contributed by atoms with Gasteiger partial charge in [0.05, 0.1) is 33.0 Å². The van der Waals surface area contributed by atoms with Crippen LogP contribution >= 0.6 is 0 Å². The standard InChI is InChI=1S/C27H37N3O6/c1-6-35-27(31)21-14-23(36-16-18-9-11-34-12-10-18)24(25(28)17(2)3)26(30-21)29-15-19-7-8-20(32-4)13-22(19)33-5/h7-8,13-14,17-18,28H,6,9-12,15-16H2,1-5H3,(H,29,30). The van der Waals surface area contributed by atoms with Crippen molar-refractivity contribution in [2.75, 3.05) is 46.0 Å². The number of rotatable bonds is 12. The molecule has 196 valence electrons. The zero-order chi connectivity index (χ0) is 26.1. The summed E-state index contributed by atoms with van der Waals surface area (Å²) in [6, 6.07) is 7.14. The lowest BCUT2D eigenvalue weighted by molar-refractivity contribution is 0.0493. The monoisotopic (exact) mass is 499 g/mol. The number of hydrogen-bond acceptors (Lipinski definition) is 9. The molecule has 2 heterocycles. The molecule has 9 nitrogen and oxygen atoms in total. The topological polar surface area (TPSA) is 112 Å². The number of nitrogens with one attached hydrogen (secondary N) is 2. The molecule has 2 aromatic rings. The Morgan fingerprint density at radius 1 is 1.17 bits per heavy atom. The molecular weight excluding hydrogens is 462 g/mol. The van der Waals surface area contributed by atoms with Gasteiger partial charge in [-0.15, -0.1) is 0 Å². The van der Waals surface area contributed by atoms with Crippen molar-refractivity contribution in [3.05, 3.63) is 41.1 Å². The van der Waals surface area contributed by atoms with Crippen LogP contribution < -0.4 is 19.5 Å². The van der Waals surface area contributed by atoms with Crippen molar-refractivity contribution in [1.82, 2.24) is 4.98 Å². The van der Waals surface area contributed by atoms with Gasteiger partial charge in [-0.1, -0.05) is 13.8 Å². The van der Waals surface area contributed by atoms with E-state index in [0.29, 0.717) is 66.6 Å². The van der Waals surface area contributed by atoms with Gasteiger partial charge in [-0.2, -0.15) is 0 Å². The molecule has 1 fully saturated rings. The third-order valence-electron chi connectivity index (χ3n) is 6.07. The van der Waals surface area contributed by atoms with Crippen LogP contribution in [0.1, 0.15) is 55.2 Å². The SMILES string of the molecule is CCOC(=O)c1cc(OCC2CCOCC2)c(C(=N)C(C)C)c(NCc2ccc(OC)cc2OC)n1. The average Bonchev–Trinajstić information content (AvgIpc) is 2.90. The highest BCUT2D eigenvalue weighted by atomic mass is 16.5. The molecule has 0 bridgehead atoms. The number of methoxy groups -OCH3 is 2. The zero-order valence-electron chi connectivity index (χ0n) is 21.8. The van der Waals surface area contributed by atoms with E-state index in [2.05, 4.69) is 10.3 Å². The van der Waals surface area contributed by atoms with E-state index in [1.807, 2.05) is 26.0 Å². The first-order chi connectivity index (χ1) is 17.4. The van der Waals surface area contributed by atoms with Crippen molar-refractivity contribution >= 4 is 17.5 Å².